The van der Waals surface area contributed by atoms with Gasteiger partial charge in [0.1, 0.15) is 23.9 Å². The van der Waals surface area contributed by atoms with Crippen molar-refractivity contribution >= 4 is 34.6 Å². The first kappa shape index (κ1) is 30.7. The lowest BCUT2D eigenvalue weighted by Crippen LogP contribution is -2.58. The van der Waals surface area contributed by atoms with Gasteiger partial charge in [0.05, 0.1) is 19.0 Å². The van der Waals surface area contributed by atoms with E-state index < -0.39 is 54.5 Å². The lowest BCUT2D eigenvalue weighted by atomic mass is 10.0. The van der Waals surface area contributed by atoms with Crippen LogP contribution in [-0.4, -0.2) is 84.7 Å². The van der Waals surface area contributed by atoms with Gasteiger partial charge in [-0.05, 0) is 35.7 Å². The number of aromatic nitrogens is 3. The third-order valence-electron chi connectivity index (χ3n) is 6.87. The molecule has 4 aromatic rings. The minimum absolute atomic E-state index is 0.00597. The summed E-state index contributed by atoms with van der Waals surface area (Å²) in [5, 5.41) is 37.4. The molecule has 4 unspecified atom stereocenters. The summed E-state index contributed by atoms with van der Waals surface area (Å²) in [4.78, 5) is 61.0. The van der Waals surface area contributed by atoms with Gasteiger partial charge < -0.3 is 47.0 Å². The Kier molecular flexibility index (Phi) is 10.1. The molecule has 0 aliphatic heterocycles. The molecule has 10 N–H and O–H groups in total. The predicted octanol–water partition coefficient (Wildman–Crippen LogP) is -0.517. The molecule has 2 heterocycles. The highest BCUT2D eigenvalue weighted by Crippen LogP contribution is 2.19. The molecular formula is C29H33N7O7. The minimum Gasteiger partial charge on any atom is -0.508 e. The number of carbonyl (C=O) groups is 4. The summed E-state index contributed by atoms with van der Waals surface area (Å²) in [7, 11) is 0. The fourth-order valence-electron chi connectivity index (χ4n) is 4.54. The van der Waals surface area contributed by atoms with E-state index in [-0.39, 0.29) is 25.0 Å². The van der Waals surface area contributed by atoms with Crippen LogP contribution in [0.3, 0.4) is 0 Å². The second-order valence-electron chi connectivity index (χ2n) is 10.0. The molecule has 0 radical (unpaired) electrons. The molecule has 0 fully saturated rings. The lowest BCUT2D eigenvalue weighted by Gasteiger charge is -2.24. The maximum Gasteiger partial charge on any atom is 0.326 e. The van der Waals surface area contributed by atoms with E-state index >= 15 is 0 Å². The summed E-state index contributed by atoms with van der Waals surface area (Å²) in [6, 6.07) is 8.23. The standard InChI is InChI=1S/C29H33N7O7/c30-21(10-17-12-32-22-4-2-1-3-20(17)22)26(39)36-25(14-37)28(41)34-23(11-18-13-31-15-33-18)27(40)35-24(29(42)43)9-16-5-7-19(38)8-6-16/h1-8,12-13,15,21,23-25,32,37-38H,9-11,14,30H2,(H,31,33)(H,34,41)(H,35,40)(H,36,39)(H,42,43). The normalized spacial score (nSPS) is 13.9. The van der Waals surface area contributed by atoms with Crippen LogP contribution in [0.1, 0.15) is 16.8 Å². The maximum atomic E-state index is 13.3. The summed E-state index contributed by atoms with van der Waals surface area (Å²) in [6.45, 7) is -0.783. The zero-order valence-corrected chi connectivity index (χ0v) is 23.0. The first-order chi connectivity index (χ1) is 20.6. The smallest absolute Gasteiger partial charge is 0.326 e. The molecule has 4 atom stereocenters. The van der Waals surface area contributed by atoms with Crippen molar-refractivity contribution in [3.05, 3.63) is 84.1 Å². The molecular weight excluding hydrogens is 558 g/mol. The SMILES string of the molecule is NC(Cc1c[nH]c2ccccc12)C(=O)NC(CO)C(=O)NC(Cc1cnc[nH]1)C(=O)NC(Cc1ccc(O)cc1)C(=O)O. The molecule has 43 heavy (non-hydrogen) atoms. The van der Waals surface area contributed by atoms with Crippen molar-refractivity contribution < 1.29 is 34.5 Å². The summed E-state index contributed by atoms with van der Waals surface area (Å²) in [6.07, 6.45) is 4.55. The number of benzene rings is 2. The molecule has 2 aromatic carbocycles. The number of aliphatic hydroxyl groups is 1. The van der Waals surface area contributed by atoms with Gasteiger partial charge in [0.25, 0.3) is 0 Å². The zero-order chi connectivity index (χ0) is 30.9. The van der Waals surface area contributed by atoms with Crippen molar-refractivity contribution in [1.82, 2.24) is 30.9 Å². The first-order valence-corrected chi connectivity index (χ1v) is 13.4. The molecule has 0 saturated carbocycles. The van der Waals surface area contributed by atoms with Crippen molar-refractivity contribution in [3.8, 4) is 5.75 Å². The van der Waals surface area contributed by atoms with Crippen LogP contribution in [0.2, 0.25) is 0 Å². The molecule has 14 heteroatoms. The van der Waals surface area contributed by atoms with Crippen LogP contribution < -0.4 is 21.7 Å². The van der Waals surface area contributed by atoms with Crippen LogP contribution in [0.5, 0.6) is 5.75 Å². The van der Waals surface area contributed by atoms with Crippen LogP contribution >= 0.6 is 0 Å². The number of imidazole rings is 1. The number of fused-ring (bicyclic) bond motifs is 1. The zero-order valence-electron chi connectivity index (χ0n) is 23.0. The Morgan fingerprint density at radius 1 is 0.837 bits per heavy atom. The number of aliphatic hydroxyl groups excluding tert-OH is 1. The number of hydrogen-bond donors (Lipinski definition) is 9. The van der Waals surface area contributed by atoms with Gasteiger partial charge in [0, 0.05) is 41.8 Å². The van der Waals surface area contributed by atoms with E-state index in [1.165, 1.54) is 36.8 Å². The number of nitrogens with zero attached hydrogens (tertiary/aromatic N) is 1. The van der Waals surface area contributed by atoms with Gasteiger partial charge in [-0.15, -0.1) is 0 Å². The fourth-order valence-corrected chi connectivity index (χ4v) is 4.54. The number of para-hydroxylation sites is 1. The average molecular weight is 592 g/mol. The van der Waals surface area contributed by atoms with E-state index in [0.717, 1.165) is 16.5 Å². The Morgan fingerprint density at radius 2 is 1.51 bits per heavy atom. The molecule has 4 rings (SSSR count). The van der Waals surface area contributed by atoms with Crippen LogP contribution in [0.4, 0.5) is 0 Å². The number of amides is 3. The number of aromatic hydroxyl groups is 1. The summed E-state index contributed by atoms with van der Waals surface area (Å²) in [5.74, 6) is -3.67. The summed E-state index contributed by atoms with van der Waals surface area (Å²) in [5.41, 5.74) is 8.82. The highest BCUT2D eigenvalue weighted by Gasteiger charge is 2.31. The molecule has 226 valence electrons. The Labute approximate surface area is 245 Å². The number of phenols is 1. The highest BCUT2D eigenvalue weighted by atomic mass is 16.4. The molecule has 0 saturated heterocycles. The Bertz CT molecular complexity index is 1550. The number of nitrogens with two attached hydrogens (primary N) is 1. The van der Waals surface area contributed by atoms with Crippen LogP contribution in [0.15, 0.2) is 67.3 Å². The molecule has 3 amide bonds. The number of aliphatic carboxylic acids is 1. The largest absolute Gasteiger partial charge is 0.508 e. The van der Waals surface area contributed by atoms with Crippen LogP contribution in [0.25, 0.3) is 10.9 Å². The van der Waals surface area contributed by atoms with E-state index in [9.17, 15) is 34.5 Å². The van der Waals surface area contributed by atoms with Gasteiger partial charge in [-0.2, -0.15) is 0 Å². The average Bonchev–Trinajstić information content (AvgIpc) is 3.66. The summed E-state index contributed by atoms with van der Waals surface area (Å²) < 4.78 is 0. The second kappa shape index (κ2) is 14.1. The van der Waals surface area contributed by atoms with Gasteiger partial charge in [-0.1, -0.05) is 30.3 Å². The Balaban J connectivity index is 1.42. The molecule has 2 aromatic heterocycles. The molecule has 0 aliphatic carbocycles. The molecule has 0 spiro atoms. The van der Waals surface area contributed by atoms with E-state index in [1.54, 1.807) is 6.20 Å². The first-order valence-electron chi connectivity index (χ1n) is 13.4. The van der Waals surface area contributed by atoms with Crippen molar-refractivity contribution in [2.75, 3.05) is 6.61 Å². The number of phenolic OH excluding ortho intramolecular Hbond substituents is 1. The number of nitrogens with one attached hydrogen (secondary N) is 5. The van der Waals surface area contributed by atoms with Crippen LogP contribution in [-0.2, 0) is 38.4 Å². The molecule has 0 bridgehead atoms. The number of carboxylic acid groups (broad SMARTS) is 1. The predicted molar refractivity (Wildman–Crippen MR) is 155 cm³/mol. The van der Waals surface area contributed by atoms with Gasteiger partial charge in [0.2, 0.25) is 17.7 Å². The number of rotatable bonds is 14. The number of carbonyl (C=O) groups excluding carboxylic acids is 3. The van der Waals surface area contributed by atoms with Crippen molar-refractivity contribution in [2.45, 2.75) is 43.4 Å². The number of H-pyrrole nitrogens is 2. The quantitative estimate of drug-likeness (QED) is 0.0916. The topological polar surface area (TPSA) is 236 Å². The van der Waals surface area contributed by atoms with Crippen molar-refractivity contribution in [3.63, 3.8) is 0 Å². The fraction of sp³-hybridized carbons (Fsp3) is 0.276. The summed E-state index contributed by atoms with van der Waals surface area (Å²) >= 11 is 0. The van der Waals surface area contributed by atoms with Crippen molar-refractivity contribution in [1.29, 1.82) is 0 Å². The third-order valence-corrected chi connectivity index (χ3v) is 6.87. The Morgan fingerprint density at radius 3 is 2.19 bits per heavy atom. The van der Waals surface area contributed by atoms with Gasteiger partial charge in [0.15, 0.2) is 0 Å². The Hall–Kier alpha value is -5.21. The minimum atomic E-state index is -1.44. The van der Waals surface area contributed by atoms with Gasteiger partial charge in [-0.3, -0.25) is 14.4 Å². The molecule has 14 nitrogen and oxygen atoms in total. The number of aromatic amines is 2. The number of carboxylic acids is 1. The van der Waals surface area contributed by atoms with Crippen LogP contribution in [0, 0.1) is 0 Å². The van der Waals surface area contributed by atoms with E-state index in [1.807, 2.05) is 24.3 Å². The highest BCUT2D eigenvalue weighted by molar-refractivity contribution is 5.94. The number of hydrogen-bond acceptors (Lipinski definition) is 8. The van der Waals surface area contributed by atoms with E-state index in [4.69, 9.17) is 5.73 Å². The van der Waals surface area contributed by atoms with E-state index in [0.29, 0.717) is 11.3 Å². The maximum absolute atomic E-state index is 13.3. The van der Waals surface area contributed by atoms with Gasteiger partial charge >= 0.3 is 5.97 Å². The second-order valence-corrected chi connectivity index (χ2v) is 10.0. The van der Waals surface area contributed by atoms with Gasteiger partial charge in [-0.25, -0.2) is 9.78 Å². The monoisotopic (exact) mass is 591 g/mol. The molecule has 0 aliphatic rings. The third kappa shape index (κ3) is 8.18. The lowest BCUT2D eigenvalue weighted by molar-refractivity contribution is -0.142. The van der Waals surface area contributed by atoms with Crippen molar-refractivity contribution in [2.24, 2.45) is 5.73 Å². The van der Waals surface area contributed by atoms with E-state index in [2.05, 4.69) is 30.9 Å².